The van der Waals surface area contributed by atoms with Gasteiger partial charge in [-0.3, -0.25) is 9.59 Å². The summed E-state index contributed by atoms with van der Waals surface area (Å²) in [7, 11) is 1.42. The van der Waals surface area contributed by atoms with Crippen LogP contribution in [0.2, 0.25) is 0 Å². The number of hydrogen-bond donors (Lipinski definition) is 0. The molecule has 0 saturated carbocycles. The molecule has 23 heavy (non-hydrogen) atoms. The number of benzene rings is 1. The monoisotopic (exact) mass is 325 g/mol. The van der Waals surface area contributed by atoms with Crippen LogP contribution in [0.4, 0.5) is 13.2 Å². The largest absolute Gasteiger partial charge is 0.456 e. The predicted molar refractivity (Wildman–Crippen MR) is 77.0 cm³/mol. The zero-order chi connectivity index (χ0) is 17.2. The van der Waals surface area contributed by atoms with Crippen molar-refractivity contribution in [1.29, 1.82) is 0 Å². The Hall–Kier alpha value is -2.57. The highest BCUT2D eigenvalue weighted by molar-refractivity contribution is 5.91. The maximum absolute atomic E-state index is 12.7. The first kappa shape index (κ1) is 16.8. The Kier molecular flexibility index (Phi) is 4.58. The molecular formula is C16H14F3NO3. The Labute approximate surface area is 130 Å². The van der Waals surface area contributed by atoms with E-state index in [4.69, 9.17) is 4.42 Å². The lowest BCUT2D eigenvalue weighted by atomic mass is 10.1. The first-order valence-electron chi connectivity index (χ1n) is 6.70. The van der Waals surface area contributed by atoms with Crippen molar-refractivity contribution >= 4 is 5.91 Å². The van der Waals surface area contributed by atoms with Gasteiger partial charge in [-0.25, -0.2) is 0 Å². The molecule has 0 aliphatic heterocycles. The van der Waals surface area contributed by atoms with Crippen LogP contribution in [0.1, 0.15) is 27.4 Å². The molecule has 2 rings (SSSR count). The third-order valence-electron chi connectivity index (χ3n) is 3.12. The van der Waals surface area contributed by atoms with Crippen LogP contribution in [0.5, 0.6) is 0 Å². The average molecular weight is 325 g/mol. The number of amides is 1. The Morgan fingerprint density at radius 1 is 1.22 bits per heavy atom. The standard InChI is InChI=1S/C16H14F3NO3/c1-10-6-13(21)8-14(23-10)15(22)20(2)9-11-4-3-5-12(7-11)16(17,18)19/h3-8H,9H2,1-2H3. The average Bonchev–Trinajstić information content (AvgIpc) is 2.44. The molecule has 0 N–H and O–H groups in total. The number of halogens is 3. The van der Waals surface area contributed by atoms with Gasteiger partial charge in [-0.2, -0.15) is 13.2 Å². The molecule has 7 heteroatoms. The molecule has 1 aromatic heterocycles. The van der Waals surface area contributed by atoms with E-state index in [9.17, 15) is 22.8 Å². The lowest BCUT2D eigenvalue weighted by molar-refractivity contribution is -0.137. The van der Waals surface area contributed by atoms with Crippen LogP contribution in [0.3, 0.4) is 0 Å². The van der Waals surface area contributed by atoms with E-state index < -0.39 is 17.6 Å². The van der Waals surface area contributed by atoms with E-state index >= 15 is 0 Å². The van der Waals surface area contributed by atoms with E-state index in [0.29, 0.717) is 5.56 Å². The van der Waals surface area contributed by atoms with Crippen molar-refractivity contribution in [3.05, 3.63) is 69.3 Å². The van der Waals surface area contributed by atoms with Gasteiger partial charge >= 0.3 is 6.18 Å². The lowest BCUT2D eigenvalue weighted by Gasteiger charge is -2.17. The Bertz CT molecular complexity index is 781. The molecule has 1 heterocycles. The molecule has 2 aromatic rings. The highest BCUT2D eigenvalue weighted by Crippen LogP contribution is 2.29. The van der Waals surface area contributed by atoms with E-state index in [0.717, 1.165) is 18.2 Å². The summed E-state index contributed by atoms with van der Waals surface area (Å²) in [6.45, 7) is 1.49. The molecule has 0 bridgehead atoms. The smallest absolute Gasteiger partial charge is 0.416 e. The second-order valence-electron chi connectivity index (χ2n) is 5.13. The SMILES string of the molecule is Cc1cc(=O)cc(C(=O)N(C)Cc2cccc(C(F)(F)F)c2)o1. The lowest BCUT2D eigenvalue weighted by Crippen LogP contribution is -2.27. The van der Waals surface area contributed by atoms with Gasteiger partial charge in [0.2, 0.25) is 0 Å². The van der Waals surface area contributed by atoms with Crippen molar-refractivity contribution in [3.63, 3.8) is 0 Å². The van der Waals surface area contributed by atoms with Gasteiger partial charge in [0.15, 0.2) is 11.2 Å². The first-order valence-corrected chi connectivity index (χ1v) is 6.70. The Morgan fingerprint density at radius 3 is 2.52 bits per heavy atom. The summed E-state index contributed by atoms with van der Waals surface area (Å²) in [4.78, 5) is 24.8. The van der Waals surface area contributed by atoms with Crippen molar-refractivity contribution in [2.45, 2.75) is 19.6 Å². The second-order valence-corrected chi connectivity index (χ2v) is 5.13. The number of carbonyl (C=O) groups is 1. The quantitative estimate of drug-likeness (QED) is 0.870. The molecule has 0 aliphatic carbocycles. The van der Waals surface area contributed by atoms with Gasteiger partial charge in [-0.05, 0) is 24.6 Å². The van der Waals surface area contributed by atoms with Gasteiger partial charge in [-0.1, -0.05) is 12.1 Å². The van der Waals surface area contributed by atoms with Gasteiger partial charge in [0.1, 0.15) is 5.76 Å². The van der Waals surface area contributed by atoms with Gasteiger partial charge < -0.3 is 9.32 Å². The number of carbonyl (C=O) groups excluding carboxylic acids is 1. The normalized spacial score (nSPS) is 11.3. The van der Waals surface area contributed by atoms with Gasteiger partial charge in [0, 0.05) is 25.7 Å². The minimum atomic E-state index is -4.44. The van der Waals surface area contributed by atoms with Crippen molar-refractivity contribution < 1.29 is 22.4 Å². The van der Waals surface area contributed by atoms with Crippen LogP contribution < -0.4 is 5.43 Å². The summed E-state index contributed by atoms with van der Waals surface area (Å²) in [5.41, 5.74) is -0.826. The number of hydrogen-bond acceptors (Lipinski definition) is 3. The van der Waals surface area contributed by atoms with Crippen molar-refractivity contribution in [2.75, 3.05) is 7.05 Å². The summed E-state index contributed by atoms with van der Waals surface area (Å²) in [5, 5.41) is 0. The predicted octanol–water partition coefficient (Wildman–Crippen LogP) is 3.24. The third kappa shape index (κ3) is 4.21. The minimum absolute atomic E-state index is 0.0413. The molecule has 0 saturated heterocycles. The molecule has 122 valence electrons. The molecular weight excluding hydrogens is 311 g/mol. The number of nitrogens with zero attached hydrogens (tertiary/aromatic N) is 1. The molecule has 0 radical (unpaired) electrons. The van der Waals surface area contributed by atoms with Gasteiger partial charge in [0.25, 0.3) is 5.91 Å². The number of alkyl halides is 3. The van der Waals surface area contributed by atoms with Gasteiger partial charge in [0.05, 0.1) is 5.56 Å². The van der Waals surface area contributed by atoms with Crippen LogP contribution >= 0.6 is 0 Å². The molecule has 4 nitrogen and oxygen atoms in total. The van der Waals surface area contributed by atoms with E-state index in [1.54, 1.807) is 0 Å². The fourth-order valence-corrected chi connectivity index (χ4v) is 2.09. The summed E-state index contributed by atoms with van der Waals surface area (Å²) in [6.07, 6.45) is -4.44. The highest BCUT2D eigenvalue weighted by Gasteiger charge is 2.30. The topological polar surface area (TPSA) is 50.5 Å². The van der Waals surface area contributed by atoms with Crippen LogP contribution in [0.25, 0.3) is 0 Å². The molecule has 1 aromatic carbocycles. The maximum atomic E-state index is 12.7. The van der Waals surface area contributed by atoms with E-state index in [1.165, 1.54) is 37.1 Å². The van der Waals surface area contributed by atoms with Crippen LogP contribution in [-0.4, -0.2) is 17.9 Å². The zero-order valence-corrected chi connectivity index (χ0v) is 12.5. The minimum Gasteiger partial charge on any atom is -0.456 e. The fraction of sp³-hybridized carbons (Fsp3) is 0.250. The molecule has 0 unspecified atom stereocenters. The summed E-state index contributed by atoms with van der Waals surface area (Å²) < 4.78 is 43.2. The second kappa shape index (κ2) is 6.28. The summed E-state index contributed by atoms with van der Waals surface area (Å²) in [5.74, 6) is -0.444. The summed E-state index contributed by atoms with van der Waals surface area (Å²) >= 11 is 0. The van der Waals surface area contributed by atoms with Crippen molar-refractivity contribution in [3.8, 4) is 0 Å². The maximum Gasteiger partial charge on any atom is 0.416 e. The zero-order valence-electron chi connectivity index (χ0n) is 12.5. The third-order valence-corrected chi connectivity index (χ3v) is 3.12. The molecule has 0 atom stereocenters. The van der Waals surface area contributed by atoms with E-state index in [2.05, 4.69) is 0 Å². The Balaban J connectivity index is 2.20. The molecule has 0 aliphatic rings. The van der Waals surface area contributed by atoms with E-state index in [1.807, 2.05) is 0 Å². The Morgan fingerprint density at radius 2 is 1.91 bits per heavy atom. The first-order chi connectivity index (χ1) is 10.7. The van der Waals surface area contributed by atoms with Crippen LogP contribution in [0.15, 0.2) is 45.6 Å². The summed E-state index contributed by atoms with van der Waals surface area (Å²) in [6, 6.07) is 7.01. The van der Waals surface area contributed by atoms with Crippen LogP contribution in [-0.2, 0) is 12.7 Å². The highest BCUT2D eigenvalue weighted by atomic mass is 19.4. The van der Waals surface area contributed by atoms with Crippen molar-refractivity contribution in [1.82, 2.24) is 4.90 Å². The van der Waals surface area contributed by atoms with Crippen molar-refractivity contribution in [2.24, 2.45) is 0 Å². The van der Waals surface area contributed by atoms with Gasteiger partial charge in [-0.15, -0.1) is 0 Å². The van der Waals surface area contributed by atoms with Crippen LogP contribution in [0, 0.1) is 6.92 Å². The molecule has 1 amide bonds. The van der Waals surface area contributed by atoms with E-state index in [-0.39, 0.29) is 23.5 Å². The number of aryl methyl sites for hydroxylation is 1. The molecule has 0 fully saturated rings. The molecule has 0 spiro atoms. The fourth-order valence-electron chi connectivity index (χ4n) is 2.09. The number of rotatable bonds is 3.